The molecule has 0 saturated heterocycles. The van der Waals surface area contributed by atoms with Crippen LogP contribution < -0.4 is 5.32 Å². The van der Waals surface area contributed by atoms with E-state index in [1.807, 2.05) is 19.0 Å². The lowest BCUT2D eigenvalue weighted by atomic mass is 10.1. The van der Waals surface area contributed by atoms with Crippen molar-refractivity contribution in [3.8, 4) is 0 Å². The number of nitrogens with zero attached hydrogens (tertiary/aromatic N) is 1. The molecular weight excluding hydrogens is 238 g/mol. The lowest BCUT2D eigenvalue weighted by Gasteiger charge is -2.10. The Balaban J connectivity index is 2.35. The van der Waals surface area contributed by atoms with Crippen LogP contribution in [0.3, 0.4) is 0 Å². The van der Waals surface area contributed by atoms with Crippen molar-refractivity contribution < 1.29 is 13.6 Å². The van der Waals surface area contributed by atoms with Gasteiger partial charge in [-0.15, -0.1) is 0 Å². The minimum atomic E-state index is -0.682. The first-order valence-electron chi connectivity index (χ1n) is 5.84. The number of nitrogens with one attached hydrogen (secondary N) is 1. The molecule has 0 atom stereocenters. The van der Waals surface area contributed by atoms with Crippen molar-refractivity contribution >= 4 is 5.91 Å². The molecule has 0 heterocycles. The molecule has 1 amide bonds. The van der Waals surface area contributed by atoms with Crippen molar-refractivity contribution in [1.29, 1.82) is 0 Å². The van der Waals surface area contributed by atoms with Crippen molar-refractivity contribution in [1.82, 2.24) is 10.2 Å². The first-order chi connectivity index (χ1) is 8.49. The van der Waals surface area contributed by atoms with E-state index in [4.69, 9.17) is 0 Å². The molecule has 0 unspecified atom stereocenters. The summed E-state index contributed by atoms with van der Waals surface area (Å²) in [5.74, 6) is -1.57. The fourth-order valence-corrected chi connectivity index (χ4v) is 1.52. The van der Waals surface area contributed by atoms with Gasteiger partial charge < -0.3 is 10.2 Å². The van der Waals surface area contributed by atoms with Crippen molar-refractivity contribution in [3.63, 3.8) is 0 Å². The molecule has 5 heteroatoms. The number of carbonyl (C=O) groups excluding carboxylic acids is 1. The Morgan fingerprint density at radius 3 is 2.67 bits per heavy atom. The van der Waals surface area contributed by atoms with Crippen LogP contribution in [0.1, 0.15) is 12.0 Å². The summed E-state index contributed by atoms with van der Waals surface area (Å²) in [5, 5.41) is 2.70. The molecule has 3 nitrogen and oxygen atoms in total. The van der Waals surface area contributed by atoms with E-state index in [1.54, 1.807) is 0 Å². The molecule has 18 heavy (non-hydrogen) atoms. The van der Waals surface area contributed by atoms with Gasteiger partial charge in [-0.1, -0.05) is 6.07 Å². The largest absolute Gasteiger partial charge is 0.356 e. The number of benzene rings is 1. The number of halogens is 2. The Bertz CT molecular complexity index is 408. The fraction of sp³-hybridized carbons (Fsp3) is 0.462. The second-order valence-electron chi connectivity index (χ2n) is 4.42. The third kappa shape index (κ3) is 5.23. The molecular formula is C13H18F2N2O. The van der Waals surface area contributed by atoms with Crippen molar-refractivity contribution in [2.24, 2.45) is 0 Å². The molecule has 0 aliphatic heterocycles. The summed E-state index contributed by atoms with van der Waals surface area (Å²) in [7, 11) is 3.91. The predicted octanol–water partition coefficient (Wildman–Crippen LogP) is 1.58. The van der Waals surface area contributed by atoms with Crippen LogP contribution in [0, 0.1) is 11.6 Å². The average Bonchev–Trinajstić information content (AvgIpc) is 2.28. The zero-order chi connectivity index (χ0) is 13.5. The van der Waals surface area contributed by atoms with Crippen LogP contribution in [0.15, 0.2) is 18.2 Å². The van der Waals surface area contributed by atoms with E-state index in [0.29, 0.717) is 6.54 Å². The van der Waals surface area contributed by atoms with Gasteiger partial charge >= 0.3 is 0 Å². The molecule has 0 aromatic heterocycles. The van der Waals surface area contributed by atoms with Gasteiger partial charge in [-0.2, -0.15) is 0 Å². The Kier molecular flexibility index (Phi) is 5.71. The van der Waals surface area contributed by atoms with Gasteiger partial charge in [0.2, 0.25) is 5.91 Å². The van der Waals surface area contributed by atoms with E-state index >= 15 is 0 Å². The molecule has 1 aromatic carbocycles. The summed E-state index contributed by atoms with van der Waals surface area (Å²) in [6.45, 7) is 1.44. The number of amides is 1. The van der Waals surface area contributed by atoms with E-state index < -0.39 is 11.6 Å². The predicted molar refractivity (Wildman–Crippen MR) is 66.2 cm³/mol. The first-order valence-corrected chi connectivity index (χ1v) is 5.84. The Morgan fingerprint density at radius 2 is 2.06 bits per heavy atom. The van der Waals surface area contributed by atoms with Crippen LogP contribution in [-0.2, 0) is 11.2 Å². The highest BCUT2D eigenvalue weighted by Crippen LogP contribution is 2.09. The fourth-order valence-electron chi connectivity index (χ4n) is 1.52. The Labute approximate surface area is 106 Å². The van der Waals surface area contributed by atoms with E-state index in [-0.39, 0.29) is 17.9 Å². The van der Waals surface area contributed by atoms with Gasteiger partial charge in [0.25, 0.3) is 0 Å². The van der Waals surface area contributed by atoms with Gasteiger partial charge in [-0.25, -0.2) is 8.78 Å². The number of carbonyl (C=O) groups is 1. The van der Waals surface area contributed by atoms with Crippen LogP contribution in [0.4, 0.5) is 8.78 Å². The third-order valence-electron chi connectivity index (χ3n) is 2.47. The van der Waals surface area contributed by atoms with Crippen molar-refractivity contribution in [2.75, 3.05) is 27.2 Å². The maximum atomic E-state index is 13.3. The van der Waals surface area contributed by atoms with E-state index in [9.17, 15) is 13.6 Å². The van der Waals surface area contributed by atoms with Gasteiger partial charge in [-0.05, 0) is 38.7 Å². The topological polar surface area (TPSA) is 32.3 Å². The minimum Gasteiger partial charge on any atom is -0.356 e. The second kappa shape index (κ2) is 7.06. The SMILES string of the molecule is CN(C)CCCNC(=O)Cc1ccc(F)cc1F. The summed E-state index contributed by atoms with van der Waals surface area (Å²) < 4.78 is 25.9. The maximum absolute atomic E-state index is 13.3. The lowest BCUT2D eigenvalue weighted by molar-refractivity contribution is -0.120. The van der Waals surface area contributed by atoms with Gasteiger partial charge in [0.05, 0.1) is 6.42 Å². The summed E-state index contributed by atoms with van der Waals surface area (Å²) in [4.78, 5) is 13.5. The van der Waals surface area contributed by atoms with Gasteiger partial charge in [0, 0.05) is 12.6 Å². The lowest BCUT2D eigenvalue weighted by Crippen LogP contribution is -2.28. The molecule has 0 aliphatic rings. The van der Waals surface area contributed by atoms with Crippen molar-refractivity contribution in [3.05, 3.63) is 35.4 Å². The monoisotopic (exact) mass is 256 g/mol. The van der Waals surface area contributed by atoms with Gasteiger partial charge in [0.15, 0.2) is 0 Å². The molecule has 0 radical (unpaired) electrons. The third-order valence-corrected chi connectivity index (χ3v) is 2.47. The molecule has 1 N–H and O–H groups in total. The summed E-state index contributed by atoms with van der Waals surface area (Å²) in [5.41, 5.74) is 0.210. The normalized spacial score (nSPS) is 10.7. The van der Waals surface area contributed by atoms with E-state index in [0.717, 1.165) is 25.1 Å². The van der Waals surface area contributed by atoms with Crippen LogP contribution >= 0.6 is 0 Å². The van der Waals surface area contributed by atoms with Crippen molar-refractivity contribution in [2.45, 2.75) is 12.8 Å². The average molecular weight is 256 g/mol. The smallest absolute Gasteiger partial charge is 0.224 e. The first kappa shape index (κ1) is 14.6. The van der Waals surface area contributed by atoms with Crippen LogP contribution in [0.5, 0.6) is 0 Å². The molecule has 1 rings (SSSR count). The highest BCUT2D eigenvalue weighted by molar-refractivity contribution is 5.78. The highest BCUT2D eigenvalue weighted by Gasteiger charge is 2.08. The quantitative estimate of drug-likeness (QED) is 0.784. The zero-order valence-corrected chi connectivity index (χ0v) is 10.7. The molecule has 0 spiro atoms. The van der Waals surface area contributed by atoms with Crippen LogP contribution in [0.25, 0.3) is 0 Å². The molecule has 0 fully saturated rings. The maximum Gasteiger partial charge on any atom is 0.224 e. The second-order valence-corrected chi connectivity index (χ2v) is 4.42. The number of hydrogen-bond donors (Lipinski definition) is 1. The highest BCUT2D eigenvalue weighted by atomic mass is 19.1. The standard InChI is InChI=1S/C13H18F2N2O/c1-17(2)7-3-6-16-13(18)8-10-4-5-11(14)9-12(10)15/h4-5,9H,3,6-8H2,1-2H3,(H,16,18). The summed E-state index contributed by atoms with van der Waals surface area (Å²) >= 11 is 0. The van der Waals surface area contributed by atoms with Gasteiger partial charge in [-0.3, -0.25) is 4.79 Å². The van der Waals surface area contributed by atoms with Gasteiger partial charge in [0.1, 0.15) is 11.6 Å². The number of rotatable bonds is 6. The number of hydrogen-bond acceptors (Lipinski definition) is 2. The summed E-state index contributed by atoms with van der Waals surface area (Å²) in [6.07, 6.45) is 0.777. The molecule has 1 aromatic rings. The molecule has 0 saturated carbocycles. The Morgan fingerprint density at radius 1 is 1.33 bits per heavy atom. The molecule has 0 bridgehead atoms. The van der Waals surface area contributed by atoms with Crippen LogP contribution in [0.2, 0.25) is 0 Å². The van der Waals surface area contributed by atoms with E-state index in [2.05, 4.69) is 5.32 Å². The molecule has 0 aliphatic carbocycles. The Hall–Kier alpha value is -1.49. The molecule has 100 valence electrons. The zero-order valence-electron chi connectivity index (χ0n) is 10.7. The summed E-state index contributed by atoms with van der Waals surface area (Å²) in [6, 6.07) is 3.23. The van der Waals surface area contributed by atoms with Crippen LogP contribution in [-0.4, -0.2) is 38.0 Å². The van der Waals surface area contributed by atoms with E-state index in [1.165, 1.54) is 6.07 Å². The minimum absolute atomic E-state index is 0.0614.